The maximum Gasteiger partial charge on any atom is 0.414 e. The number of anilines is 2. The van der Waals surface area contributed by atoms with Crippen molar-refractivity contribution in [2.75, 3.05) is 24.0 Å². The number of imide groups is 1. The summed E-state index contributed by atoms with van der Waals surface area (Å²) in [6, 6.07) is 13.3. The predicted molar refractivity (Wildman–Crippen MR) is 158 cm³/mol. The molecule has 2 N–H and O–H groups in total. The van der Waals surface area contributed by atoms with Crippen LogP contribution in [0.1, 0.15) is 31.9 Å². The molecular formula is C28H25Cl2N7O6. The third-order valence-electron chi connectivity index (χ3n) is 6.27. The van der Waals surface area contributed by atoms with Gasteiger partial charge in [-0.1, -0.05) is 35.3 Å². The van der Waals surface area contributed by atoms with E-state index in [2.05, 4.69) is 25.5 Å². The van der Waals surface area contributed by atoms with Gasteiger partial charge in [-0.05, 0) is 50.6 Å². The maximum absolute atomic E-state index is 13.3. The first-order valence-corrected chi connectivity index (χ1v) is 13.5. The summed E-state index contributed by atoms with van der Waals surface area (Å²) in [5, 5.41) is 23.3. The topological polar surface area (TPSA) is 168 Å². The summed E-state index contributed by atoms with van der Waals surface area (Å²) < 4.78 is 15.7. The van der Waals surface area contributed by atoms with E-state index in [0.29, 0.717) is 23.7 Å². The van der Waals surface area contributed by atoms with Gasteiger partial charge in [0, 0.05) is 11.6 Å². The fourth-order valence-electron chi connectivity index (χ4n) is 4.08. The lowest BCUT2D eigenvalue weighted by atomic mass is 9.87. The Morgan fingerprint density at radius 2 is 1.79 bits per heavy atom. The zero-order chi connectivity index (χ0) is 31.3. The monoisotopic (exact) mass is 625 g/mol. The first kappa shape index (κ1) is 31.0. The Morgan fingerprint density at radius 3 is 2.40 bits per heavy atom. The second-order valence-corrected chi connectivity index (χ2v) is 10.3. The van der Waals surface area contributed by atoms with Crippen LogP contribution in [0.3, 0.4) is 0 Å². The number of amides is 3. The second-order valence-electron chi connectivity index (χ2n) is 9.51. The normalized spacial score (nSPS) is 13.6. The number of fused-ring (bicyclic) bond motifs is 1. The van der Waals surface area contributed by atoms with E-state index in [9.17, 15) is 19.6 Å². The van der Waals surface area contributed by atoms with E-state index in [-0.39, 0.29) is 39.9 Å². The first-order valence-electron chi connectivity index (χ1n) is 12.7. The van der Waals surface area contributed by atoms with Gasteiger partial charge in [-0.2, -0.15) is 10.4 Å². The van der Waals surface area contributed by atoms with Gasteiger partial charge in [0.2, 0.25) is 17.5 Å². The number of hydrogen-bond acceptors (Lipinski definition) is 11. The minimum absolute atomic E-state index is 0.0395. The Hall–Kier alpha value is -4.93. The highest BCUT2D eigenvalue weighted by molar-refractivity contribution is 6.47. The van der Waals surface area contributed by atoms with Crippen molar-refractivity contribution in [2.45, 2.75) is 32.7 Å². The number of hydrazone groups is 1. The van der Waals surface area contributed by atoms with Gasteiger partial charge in [-0.3, -0.25) is 25.2 Å². The average molecular weight is 626 g/mol. The largest absolute Gasteiger partial charge is 0.497 e. The van der Waals surface area contributed by atoms with Crippen LogP contribution >= 0.6 is 23.2 Å². The van der Waals surface area contributed by atoms with Gasteiger partial charge < -0.3 is 14.2 Å². The fraction of sp³-hybridized carbons (Fsp3) is 0.250. The average Bonchev–Trinajstić information content (AvgIpc) is 3.15. The van der Waals surface area contributed by atoms with Gasteiger partial charge in [0.25, 0.3) is 5.91 Å². The third kappa shape index (κ3) is 6.77. The quantitative estimate of drug-likeness (QED) is 0.244. The summed E-state index contributed by atoms with van der Waals surface area (Å²) >= 11 is 12.8. The number of aromatic nitrogens is 2. The zero-order valence-electron chi connectivity index (χ0n) is 23.4. The molecule has 0 radical (unpaired) electrons. The van der Waals surface area contributed by atoms with Crippen molar-refractivity contribution in [1.29, 1.82) is 5.26 Å². The molecule has 1 aliphatic heterocycles. The van der Waals surface area contributed by atoms with E-state index in [1.165, 1.54) is 12.1 Å². The molecule has 0 bridgehead atoms. The van der Waals surface area contributed by atoms with Crippen molar-refractivity contribution in [3.8, 4) is 23.4 Å². The van der Waals surface area contributed by atoms with E-state index < -0.39 is 23.1 Å². The van der Waals surface area contributed by atoms with Crippen LogP contribution in [-0.4, -0.2) is 47.5 Å². The predicted octanol–water partition coefficient (Wildman–Crippen LogP) is 4.97. The number of methoxy groups -OCH3 is 1. The molecule has 4 rings (SSSR count). The van der Waals surface area contributed by atoms with Gasteiger partial charge >= 0.3 is 6.09 Å². The van der Waals surface area contributed by atoms with Crippen molar-refractivity contribution in [2.24, 2.45) is 5.10 Å². The van der Waals surface area contributed by atoms with Crippen molar-refractivity contribution < 1.29 is 28.6 Å². The van der Waals surface area contributed by atoms with E-state index in [1.807, 2.05) is 29.6 Å². The molecule has 2 aromatic carbocycles. The maximum atomic E-state index is 13.3. The van der Waals surface area contributed by atoms with Crippen LogP contribution in [-0.2, 0) is 26.3 Å². The number of carbonyl (C=O) groups excluding carboxylic acids is 3. The van der Waals surface area contributed by atoms with Crippen molar-refractivity contribution in [3.05, 3.63) is 63.6 Å². The number of rotatable bonds is 9. The van der Waals surface area contributed by atoms with Crippen LogP contribution in [0.25, 0.3) is 0 Å². The summed E-state index contributed by atoms with van der Waals surface area (Å²) in [5.41, 5.74) is 2.64. The summed E-state index contributed by atoms with van der Waals surface area (Å²) in [6.45, 7) is 5.47. The lowest BCUT2D eigenvalue weighted by molar-refractivity contribution is -0.122. The van der Waals surface area contributed by atoms with Crippen molar-refractivity contribution in [1.82, 2.24) is 15.5 Å². The Balaban J connectivity index is 1.52. The van der Waals surface area contributed by atoms with Crippen LogP contribution < -0.4 is 25.1 Å². The lowest BCUT2D eigenvalue weighted by Gasteiger charge is -2.19. The molecule has 0 saturated carbocycles. The van der Waals surface area contributed by atoms with Gasteiger partial charge in [0.1, 0.15) is 11.8 Å². The molecule has 15 heteroatoms. The molecule has 3 aromatic rings. The minimum atomic E-state index is -1.07. The molecule has 43 heavy (non-hydrogen) atoms. The molecule has 0 spiro atoms. The third-order valence-corrected chi connectivity index (χ3v) is 6.84. The molecule has 2 heterocycles. The molecule has 0 saturated heterocycles. The second kappa shape index (κ2) is 12.9. The molecule has 0 unspecified atom stereocenters. The SMILES string of the molecule is CCOC(=O)NC(=O)C(C#N)=NNc1cc(Cl)c(Oc2cc3c(nn2)N(Cc2ccc(OC)cc2)C(=O)C3(C)C)c(Cl)c1. The molecule has 0 aliphatic carbocycles. The van der Waals surface area contributed by atoms with Crippen molar-refractivity contribution >= 4 is 58.3 Å². The van der Waals surface area contributed by atoms with Crippen LogP contribution in [0.15, 0.2) is 47.6 Å². The molecule has 13 nitrogen and oxygen atoms in total. The summed E-state index contributed by atoms with van der Waals surface area (Å²) in [7, 11) is 1.58. The molecule has 1 aliphatic rings. The molecule has 0 fully saturated rings. The number of benzene rings is 2. The summed E-state index contributed by atoms with van der Waals surface area (Å²) in [4.78, 5) is 38.4. The number of halogens is 2. The molecule has 222 valence electrons. The standard InChI is InChI=1S/C28H25Cl2N7O6/c1-5-42-27(40)32-25(38)21(13-31)34-33-16-10-19(29)23(20(30)11-16)43-22-12-18-24(36-35-22)37(26(39)28(18,2)3)14-15-6-8-17(41-4)9-7-15/h6-12,33H,5,14H2,1-4H3,(H,32,38,40). The number of nitrogens with zero attached hydrogens (tertiary/aromatic N) is 5. The van der Waals surface area contributed by atoms with E-state index in [1.54, 1.807) is 44.9 Å². The molecule has 3 amide bonds. The van der Waals surface area contributed by atoms with E-state index >= 15 is 0 Å². The Kier molecular flexibility index (Phi) is 9.33. The zero-order valence-corrected chi connectivity index (χ0v) is 24.9. The number of hydrogen-bond donors (Lipinski definition) is 2. The molecular weight excluding hydrogens is 601 g/mol. The van der Waals surface area contributed by atoms with Gasteiger partial charge in [0.15, 0.2) is 11.6 Å². The highest BCUT2D eigenvalue weighted by Crippen LogP contribution is 2.44. The Morgan fingerprint density at radius 1 is 1.12 bits per heavy atom. The number of nitrogens with one attached hydrogen (secondary N) is 2. The van der Waals surface area contributed by atoms with Gasteiger partial charge in [0.05, 0.1) is 41.4 Å². The first-order chi connectivity index (χ1) is 20.5. The lowest BCUT2D eigenvalue weighted by Crippen LogP contribution is -2.36. The fourth-order valence-corrected chi connectivity index (χ4v) is 4.64. The molecule has 1 aromatic heterocycles. The number of ether oxygens (including phenoxy) is 3. The van der Waals surface area contributed by atoms with Crippen LogP contribution in [0.5, 0.6) is 17.4 Å². The van der Waals surface area contributed by atoms with Crippen molar-refractivity contribution in [3.63, 3.8) is 0 Å². The van der Waals surface area contributed by atoms with Gasteiger partial charge in [-0.15, -0.1) is 10.2 Å². The van der Waals surface area contributed by atoms with Crippen LogP contribution in [0.2, 0.25) is 10.0 Å². The van der Waals surface area contributed by atoms with Gasteiger partial charge in [-0.25, -0.2) is 4.79 Å². The summed E-state index contributed by atoms with van der Waals surface area (Å²) in [6.07, 6.45) is -1.02. The van der Waals surface area contributed by atoms with E-state index in [0.717, 1.165) is 5.56 Å². The molecule has 0 atom stereocenters. The minimum Gasteiger partial charge on any atom is -0.497 e. The number of nitriles is 1. The Labute approximate surface area is 256 Å². The van der Waals surface area contributed by atoms with E-state index in [4.69, 9.17) is 32.7 Å². The number of carbonyl (C=O) groups is 3. The smallest absolute Gasteiger partial charge is 0.414 e. The Bertz CT molecular complexity index is 1630. The van der Waals surface area contributed by atoms with Crippen LogP contribution in [0, 0.1) is 11.3 Å². The number of alkyl carbamates (subject to hydrolysis) is 1. The highest BCUT2D eigenvalue weighted by Gasteiger charge is 2.45. The van der Waals surface area contributed by atoms with Crippen LogP contribution in [0.4, 0.5) is 16.3 Å². The summed E-state index contributed by atoms with van der Waals surface area (Å²) in [5.74, 6) is 0.000999. The highest BCUT2D eigenvalue weighted by atomic mass is 35.5.